The van der Waals surface area contributed by atoms with Crippen molar-refractivity contribution >= 4 is 44.7 Å². The highest BCUT2D eigenvalue weighted by atomic mass is 35.5. The van der Waals surface area contributed by atoms with Crippen LogP contribution in [0, 0.1) is 0 Å². The first-order chi connectivity index (χ1) is 14.5. The molecule has 2 aromatic heterocycles. The summed E-state index contributed by atoms with van der Waals surface area (Å²) in [7, 11) is 1.52. The Bertz CT molecular complexity index is 1230. The van der Waals surface area contributed by atoms with Crippen LogP contribution >= 0.6 is 22.9 Å². The van der Waals surface area contributed by atoms with E-state index in [1.54, 1.807) is 24.3 Å². The van der Waals surface area contributed by atoms with E-state index in [4.69, 9.17) is 16.3 Å². The number of aryl methyl sites for hydroxylation is 2. The molecule has 0 bridgehead atoms. The molecule has 1 amide bonds. The quantitative estimate of drug-likeness (QED) is 0.629. The molecule has 0 saturated carbocycles. The molecule has 7 nitrogen and oxygen atoms in total. The minimum absolute atomic E-state index is 0.140. The SMILES string of the molecule is COCCn1c(=O)c2c3c(sc2n(CC(=O)Nc2ccccc2Cl)c1=O)CCCC3. The molecule has 1 aliphatic carbocycles. The topological polar surface area (TPSA) is 82.3 Å². The summed E-state index contributed by atoms with van der Waals surface area (Å²) in [6, 6.07) is 6.92. The third kappa shape index (κ3) is 3.82. The lowest BCUT2D eigenvalue weighted by molar-refractivity contribution is -0.116. The maximum absolute atomic E-state index is 13.1. The number of nitrogens with one attached hydrogen (secondary N) is 1. The van der Waals surface area contributed by atoms with E-state index < -0.39 is 5.69 Å². The summed E-state index contributed by atoms with van der Waals surface area (Å²) >= 11 is 7.58. The maximum Gasteiger partial charge on any atom is 0.332 e. The van der Waals surface area contributed by atoms with Crippen LogP contribution in [0.5, 0.6) is 0 Å². The van der Waals surface area contributed by atoms with Crippen LogP contribution in [0.25, 0.3) is 10.2 Å². The standard InChI is InChI=1S/C21H22ClN3O4S/c1-29-11-10-24-19(27)18-13-6-2-5-9-16(13)30-20(18)25(21(24)28)12-17(26)23-15-8-4-3-7-14(15)22/h3-4,7-8H,2,5-6,9-12H2,1H3,(H,23,26). The number of anilines is 1. The molecule has 4 rings (SSSR count). The Hall–Kier alpha value is -2.42. The lowest BCUT2D eigenvalue weighted by Gasteiger charge is -2.13. The van der Waals surface area contributed by atoms with E-state index in [1.165, 1.54) is 27.6 Å². The van der Waals surface area contributed by atoms with Crippen molar-refractivity contribution in [2.45, 2.75) is 38.8 Å². The number of aromatic nitrogens is 2. The number of hydrogen-bond acceptors (Lipinski definition) is 5. The predicted molar refractivity (Wildman–Crippen MR) is 119 cm³/mol. The molecule has 30 heavy (non-hydrogen) atoms. The van der Waals surface area contributed by atoms with E-state index >= 15 is 0 Å². The van der Waals surface area contributed by atoms with Crippen LogP contribution in [-0.4, -0.2) is 28.8 Å². The van der Waals surface area contributed by atoms with Gasteiger partial charge in [0.2, 0.25) is 5.91 Å². The van der Waals surface area contributed by atoms with Crippen molar-refractivity contribution < 1.29 is 9.53 Å². The summed E-state index contributed by atoms with van der Waals surface area (Å²) in [5.41, 5.74) is 0.705. The zero-order valence-electron chi connectivity index (χ0n) is 16.6. The third-order valence-corrected chi connectivity index (χ3v) is 6.93. The van der Waals surface area contributed by atoms with Gasteiger partial charge in [-0.1, -0.05) is 23.7 Å². The maximum atomic E-state index is 13.1. The monoisotopic (exact) mass is 447 g/mol. The van der Waals surface area contributed by atoms with Gasteiger partial charge in [0.25, 0.3) is 5.56 Å². The van der Waals surface area contributed by atoms with Gasteiger partial charge in [-0.25, -0.2) is 4.79 Å². The molecule has 1 aliphatic rings. The number of amides is 1. The van der Waals surface area contributed by atoms with Crippen molar-refractivity contribution in [3.05, 3.63) is 60.6 Å². The van der Waals surface area contributed by atoms with E-state index in [0.29, 0.717) is 20.9 Å². The van der Waals surface area contributed by atoms with Crippen molar-refractivity contribution in [1.82, 2.24) is 9.13 Å². The normalized spacial score (nSPS) is 13.4. The molecule has 0 saturated heterocycles. The molecule has 1 N–H and O–H groups in total. The molecule has 0 aliphatic heterocycles. The molecule has 1 aromatic carbocycles. The Labute approximate surface area is 181 Å². The van der Waals surface area contributed by atoms with E-state index in [1.807, 2.05) is 0 Å². The molecular formula is C21H22ClN3O4S. The summed E-state index contributed by atoms with van der Waals surface area (Å²) in [5, 5.41) is 3.73. The first kappa shape index (κ1) is 20.8. The average molecular weight is 448 g/mol. The summed E-state index contributed by atoms with van der Waals surface area (Å²) in [6.07, 6.45) is 3.79. The number of rotatable bonds is 6. The summed E-state index contributed by atoms with van der Waals surface area (Å²) in [6.45, 7) is 0.173. The van der Waals surface area contributed by atoms with Crippen LogP contribution in [0.15, 0.2) is 33.9 Å². The van der Waals surface area contributed by atoms with Gasteiger partial charge in [0.15, 0.2) is 0 Å². The number of para-hydroxylation sites is 1. The first-order valence-corrected chi connectivity index (χ1v) is 11.0. The fourth-order valence-electron chi connectivity index (χ4n) is 3.83. The second kappa shape index (κ2) is 8.75. The number of carbonyl (C=O) groups is 1. The van der Waals surface area contributed by atoms with E-state index in [-0.39, 0.29) is 31.2 Å². The van der Waals surface area contributed by atoms with Crippen molar-refractivity contribution in [2.75, 3.05) is 19.0 Å². The van der Waals surface area contributed by atoms with Gasteiger partial charge in [-0.05, 0) is 43.4 Å². The van der Waals surface area contributed by atoms with Crippen molar-refractivity contribution in [2.24, 2.45) is 0 Å². The Morgan fingerprint density at radius 3 is 2.73 bits per heavy atom. The Kier molecular flexibility index (Phi) is 6.08. The van der Waals surface area contributed by atoms with Gasteiger partial charge >= 0.3 is 5.69 Å². The molecule has 158 valence electrons. The number of ether oxygens (including phenoxy) is 1. The molecule has 0 spiro atoms. The zero-order chi connectivity index (χ0) is 21.3. The molecular weight excluding hydrogens is 426 g/mol. The molecule has 0 atom stereocenters. The Morgan fingerprint density at radius 2 is 1.97 bits per heavy atom. The number of fused-ring (bicyclic) bond motifs is 3. The third-order valence-electron chi connectivity index (χ3n) is 5.29. The number of hydrogen-bond donors (Lipinski definition) is 1. The minimum atomic E-state index is -0.502. The number of methoxy groups -OCH3 is 1. The fraction of sp³-hybridized carbons (Fsp3) is 0.381. The molecule has 9 heteroatoms. The summed E-state index contributed by atoms with van der Waals surface area (Å²) in [5.74, 6) is -0.380. The van der Waals surface area contributed by atoms with Crippen LogP contribution in [0.3, 0.4) is 0 Å². The van der Waals surface area contributed by atoms with Crippen molar-refractivity contribution in [3.8, 4) is 0 Å². The number of carbonyl (C=O) groups excluding carboxylic acids is 1. The van der Waals surface area contributed by atoms with Crippen LogP contribution in [0.2, 0.25) is 5.02 Å². The van der Waals surface area contributed by atoms with Gasteiger partial charge < -0.3 is 10.1 Å². The lowest BCUT2D eigenvalue weighted by Crippen LogP contribution is -2.42. The van der Waals surface area contributed by atoms with Gasteiger partial charge in [0.05, 0.1) is 29.2 Å². The largest absolute Gasteiger partial charge is 0.383 e. The lowest BCUT2D eigenvalue weighted by atomic mass is 9.97. The molecule has 2 heterocycles. The average Bonchev–Trinajstić information content (AvgIpc) is 3.12. The van der Waals surface area contributed by atoms with Crippen LogP contribution in [0.1, 0.15) is 23.3 Å². The number of thiophene rings is 1. The van der Waals surface area contributed by atoms with E-state index in [9.17, 15) is 14.4 Å². The number of nitrogens with zero attached hydrogens (tertiary/aromatic N) is 2. The van der Waals surface area contributed by atoms with Gasteiger partial charge in [-0.2, -0.15) is 0 Å². The van der Waals surface area contributed by atoms with E-state index in [2.05, 4.69) is 5.32 Å². The molecule has 0 fully saturated rings. The van der Waals surface area contributed by atoms with Gasteiger partial charge in [-0.15, -0.1) is 11.3 Å². The highest BCUT2D eigenvalue weighted by Gasteiger charge is 2.24. The highest BCUT2D eigenvalue weighted by molar-refractivity contribution is 7.18. The van der Waals surface area contributed by atoms with Gasteiger partial charge in [-0.3, -0.25) is 18.7 Å². The molecule has 0 radical (unpaired) electrons. The predicted octanol–water partition coefficient (Wildman–Crippen LogP) is 3.04. The van der Waals surface area contributed by atoms with Crippen molar-refractivity contribution in [3.63, 3.8) is 0 Å². The summed E-state index contributed by atoms with van der Waals surface area (Å²) < 4.78 is 7.66. The van der Waals surface area contributed by atoms with Crippen LogP contribution < -0.4 is 16.6 Å². The Morgan fingerprint density at radius 1 is 1.20 bits per heavy atom. The zero-order valence-corrected chi connectivity index (χ0v) is 18.1. The smallest absolute Gasteiger partial charge is 0.332 e. The first-order valence-electron chi connectivity index (χ1n) is 9.82. The minimum Gasteiger partial charge on any atom is -0.383 e. The molecule has 0 unspecified atom stereocenters. The van der Waals surface area contributed by atoms with Crippen molar-refractivity contribution in [1.29, 1.82) is 0 Å². The van der Waals surface area contributed by atoms with Crippen LogP contribution in [0.4, 0.5) is 5.69 Å². The number of halogens is 1. The van der Waals surface area contributed by atoms with E-state index in [0.717, 1.165) is 36.1 Å². The second-order valence-electron chi connectivity index (χ2n) is 7.24. The second-order valence-corrected chi connectivity index (χ2v) is 8.73. The highest BCUT2D eigenvalue weighted by Crippen LogP contribution is 2.34. The van der Waals surface area contributed by atoms with Crippen LogP contribution in [-0.2, 0) is 35.5 Å². The summed E-state index contributed by atoms with van der Waals surface area (Å²) in [4.78, 5) is 40.7. The fourth-order valence-corrected chi connectivity index (χ4v) is 5.39. The van der Waals surface area contributed by atoms with Gasteiger partial charge in [0, 0.05) is 12.0 Å². The number of benzene rings is 1. The molecule has 3 aromatic rings. The van der Waals surface area contributed by atoms with Gasteiger partial charge in [0.1, 0.15) is 11.4 Å². The Balaban J connectivity index is 1.80.